The van der Waals surface area contributed by atoms with E-state index in [4.69, 9.17) is 0 Å². The Hall–Kier alpha value is 1.05. The van der Waals surface area contributed by atoms with Crippen molar-refractivity contribution in [2.45, 2.75) is 20.3 Å². The van der Waals surface area contributed by atoms with E-state index in [0.717, 1.165) is 0 Å². The molecule has 4 heavy (non-hydrogen) atoms. The molecule has 0 bridgehead atoms. The summed E-state index contributed by atoms with van der Waals surface area (Å²) in [6.07, 6.45) is 1.25. The Morgan fingerprint density at radius 1 is 1.25 bits per heavy atom. The quantitative estimate of drug-likeness (QED) is 0.630. The molecular formula is C3H8U. The maximum Gasteiger partial charge on any atom is 0 e. The van der Waals surface area contributed by atoms with Gasteiger partial charge in [-0.05, 0) is 0 Å². The average Bonchev–Trinajstić information content (AvgIpc) is 0.918. The summed E-state index contributed by atoms with van der Waals surface area (Å²) in [6, 6.07) is 0. The number of rotatable bonds is 0. The van der Waals surface area contributed by atoms with Crippen molar-refractivity contribution in [2.75, 3.05) is 0 Å². The standard InChI is InChI=1S/C3H8.U/c1-3-2;/h3H2,1-2H3;. The van der Waals surface area contributed by atoms with Gasteiger partial charge in [0.25, 0.3) is 0 Å². The number of hydrogen-bond acceptors (Lipinski definition) is 0. The molecule has 0 N–H and O–H groups in total. The summed E-state index contributed by atoms with van der Waals surface area (Å²) in [5, 5.41) is 0. The first-order chi connectivity index (χ1) is 1.41. The van der Waals surface area contributed by atoms with Gasteiger partial charge in [-0.3, -0.25) is 0 Å². The van der Waals surface area contributed by atoms with Gasteiger partial charge in [0.1, 0.15) is 0 Å². The van der Waals surface area contributed by atoms with Crippen molar-refractivity contribution in [1.29, 1.82) is 0 Å². The minimum atomic E-state index is 0. The Morgan fingerprint density at radius 3 is 1.25 bits per heavy atom. The van der Waals surface area contributed by atoms with Crippen LogP contribution in [0.4, 0.5) is 0 Å². The molecule has 0 unspecified atom stereocenters. The Bertz CT molecular complexity index is 3.25. The monoisotopic (exact) mass is 282 g/mol. The van der Waals surface area contributed by atoms with Crippen LogP contribution in [-0.4, -0.2) is 0 Å². The van der Waals surface area contributed by atoms with Crippen molar-refractivity contribution in [3.05, 3.63) is 0 Å². The van der Waals surface area contributed by atoms with Crippen LogP contribution in [0.25, 0.3) is 0 Å². The van der Waals surface area contributed by atoms with E-state index in [1.54, 1.807) is 0 Å². The summed E-state index contributed by atoms with van der Waals surface area (Å²) < 4.78 is 0. The van der Waals surface area contributed by atoms with Crippen molar-refractivity contribution >= 4 is 0 Å². The van der Waals surface area contributed by atoms with Crippen LogP contribution < -0.4 is 0 Å². The third-order valence-corrected chi connectivity index (χ3v) is 0. The molecule has 0 aromatic rings. The van der Waals surface area contributed by atoms with Crippen molar-refractivity contribution < 1.29 is 31.1 Å². The maximum atomic E-state index is 2.12. The van der Waals surface area contributed by atoms with Gasteiger partial charge in [-0.25, -0.2) is 0 Å². The molecule has 0 atom stereocenters. The summed E-state index contributed by atoms with van der Waals surface area (Å²) in [4.78, 5) is 0. The molecule has 0 heterocycles. The molecule has 0 rings (SSSR count). The molecule has 0 aliphatic rings. The first-order valence-electron chi connectivity index (χ1n) is 1.41. The van der Waals surface area contributed by atoms with E-state index in [9.17, 15) is 0 Å². The van der Waals surface area contributed by atoms with E-state index >= 15 is 0 Å². The van der Waals surface area contributed by atoms with Crippen molar-refractivity contribution in [3.8, 4) is 0 Å². The molecule has 0 amide bonds. The third kappa shape index (κ3) is 11.6. The Labute approximate surface area is 51.3 Å². The van der Waals surface area contributed by atoms with Gasteiger partial charge in [0.05, 0.1) is 0 Å². The summed E-state index contributed by atoms with van der Waals surface area (Å²) in [7, 11) is 0. The van der Waals surface area contributed by atoms with E-state index in [-0.39, 0.29) is 31.1 Å². The molecule has 0 radical (unpaired) electrons. The fraction of sp³-hybridized carbons (Fsp3) is 1.00. The molecule has 0 nitrogen and oxygen atoms in total. The first-order valence-corrected chi connectivity index (χ1v) is 1.41. The van der Waals surface area contributed by atoms with E-state index in [1.165, 1.54) is 6.42 Å². The van der Waals surface area contributed by atoms with Gasteiger partial charge in [-0.2, -0.15) is 0 Å². The van der Waals surface area contributed by atoms with Crippen LogP contribution in [0.2, 0.25) is 0 Å². The predicted octanol–water partition coefficient (Wildman–Crippen LogP) is 1.42. The molecule has 0 aliphatic carbocycles. The number of hydrogen-bond donors (Lipinski definition) is 0. The third-order valence-electron chi connectivity index (χ3n) is 0. The predicted molar refractivity (Wildman–Crippen MR) is 16.0 cm³/mol. The van der Waals surface area contributed by atoms with Crippen LogP contribution in [0.5, 0.6) is 0 Å². The minimum Gasteiger partial charge on any atom is -0.0656 e. The maximum absolute atomic E-state index is 2.12. The summed E-state index contributed by atoms with van der Waals surface area (Å²) in [5.41, 5.74) is 0. The van der Waals surface area contributed by atoms with Crippen molar-refractivity contribution in [2.24, 2.45) is 0 Å². The van der Waals surface area contributed by atoms with Crippen LogP contribution >= 0.6 is 0 Å². The van der Waals surface area contributed by atoms with Gasteiger partial charge in [-0.1, -0.05) is 20.3 Å². The van der Waals surface area contributed by atoms with Gasteiger partial charge in [0.15, 0.2) is 0 Å². The zero-order valence-corrected chi connectivity index (χ0v) is 7.37. The summed E-state index contributed by atoms with van der Waals surface area (Å²) in [6.45, 7) is 4.25. The molecule has 0 fully saturated rings. The Kier molecular flexibility index (Phi) is 20.0. The smallest absolute Gasteiger partial charge is 0 e. The topological polar surface area (TPSA) is 0 Å². The molecule has 24 valence electrons. The van der Waals surface area contributed by atoms with Gasteiger partial charge in [0.2, 0.25) is 0 Å². The zero-order valence-electron chi connectivity index (χ0n) is 3.21. The molecule has 1 heteroatoms. The second kappa shape index (κ2) is 8.96. The van der Waals surface area contributed by atoms with E-state index < -0.39 is 0 Å². The van der Waals surface area contributed by atoms with Crippen LogP contribution in [0.1, 0.15) is 20.3 Å². The minimum absolute atomic E-state index is 0. The zero-order chi connectivity index (χ0) is 2.71. The largest absolute Gasteiger partial charge is 0.0656 e. The summed E-state index contributed by atoms with van der Waals surface area (Å²) >= 11 is 0. The van der Waals surface area contributed by atoms with E-state index in [1.807, 2.05) is 0 Å². The van der Waals surface area contributed by atoms with Crippen LogP contribution in [0.3, 0.4) is 0 Å². The normalized spacial score (nSPS) is 4.50. The molecule has 0 aliphatic heterocycles. The van der Waals surface area contributed by atoms with Gasteiger partial charge in [0, 0.05) is 31.1 Å². The molecule has 0 saturated heterocycles. The summed E-state index contributed by atoms with van der Waals surface area (Å²) in [5.74, 6) is 0. The SMILES string of the molecule is CCC.[U]. The van der Waals surface area contributed by atoms with Crippen molar-refractivity contribution in [3.63, 3.8) is 0 Å². The molecule has 0 spiro atoms. The van der Waals surface area contributed by atoms with Crippen LogP contribution in [0.15, 0.2) is 0 Å². The van der Waals surface area contributed by atoms with Gasteiger partial charge in [-0.15, -0.1) is 0 Å². The average molecular weight is 282 g/mol. The Balaban J connectivity index is 0. The second-order valence-corrected chi connectivity index (χ2v) is 0.707. The van der Waals surface area contributed by atoms with Crippen molar-refractivity contribution in [1.82, 2.24) is 0 Å². The van der Waals surface area contributed by atoms with E-state index in [2.05, 4.69) is 13.8 Å². The molecule has 0 saturated carbocycles. The van der Waals surface area contributed by atoms with Gasteiger partial charge >= 0.3 is 0 Å². The van der Waals surface area contributed by atoms with Crippen LogP contribution in [-0.2, 0) is 0 Å². The Morgan fingerprint density at radius 2 is 1.25 bits per heavy atom. The second-order valence-electron chi connectivity index (χ2n) is 0.707. The van der Waals surface area contributed by atoms with E-state index in [0.29, 0.717) is 0 Å². The fourth-order valence-corrected chi connectivity index (χ4v) is 0. The molecule has 0 aromatic carbocycles. The van der Waals surface area contributed by atoms with Gasteiger partial charge < -0.3 is 0 Å². The first kappa shape index (κ1) is 8.90. The molecule has 0 aromatic heterocycles. The molecular weight excluding hydrogens is 274 g/mol. The fourth-order valence-electron chi connectivity index (χ4n) is 0. The van der Waals surface area contributed by atoms with Crippen LogP contribution in [0, 0.1) is 31.1 Å².